The van der Waals surface area contributed by atoms with Crippen LogP contribution in [0.25, 0.3) is 0 Å². The molecule has 0 spiro atoms. The molecule has 2 N–H and O–H groups in total. The Morgan fingerprint density at radius 2 is 2.17 bits per heavy atom. The average molecular weight is 311 g/mol. The maximum absolute atomic E-state index is 11.9. The smallest absolute Gasteiger partial charge is 0.242 e. The van der Waals surface area contributed by atoms with E-state index < -0.39 is 16.1 Å². The lowest BCUT2D eigenvalue weighted by Gasteiger charge is -2.11. The summed E-state index contributed by atoms with van der Waals surface area (Å²) in [4.78, 5) is 3.60. The average Bonchev–Trinajstić information content (AvgIpc) is 3.13. The number of nitrogens with one attached hydrogen (secondary N) is 1. The summed E-state index contributed by atoms with van der Waals surface area (Å²) >= 11 is 11.3. The minimum absolute atomic E-state index is 0.00670. The SMILES string of the molecule is O=S(=O)(NCC(O)C1CC1)c1cnc(Cl)c(Cl)c1. The highest BCUT2D eigenvalue weighted by Gasteiger charge is 2.30. The molecule has 1 aromatic rings. The summed E-state index contributed by atoms with van der Waals surface area (Å²) in [5.41, 5.74) is 0. The van der Waals surface area contributed by atoms with Crippen LogP contribution in [-0.2, 0) is 10.0 Å². The van der Waals surface area contributed by atoms with Crippen molar-refractivity contribution in [1.82, 2.24) is 9.71 Å². The zero-order valence-corrected chi connectivity index (χ0v) is 11.6. The van der Waals surface area contributed by atoms with Crippen molar-refractivity contribution < 1.29 is 13.5 Å². The summed E-state index contributed by atoms with van der Waals surface area (Å²) in [5, 5.41) is 9.73. The first kappa shape index (κ1) is 14.0. The van der Waals surface area contributed by atoms with Crippen LogP contribution in [0.3, 0.4) is 0 Å². The Bertz CT molecular complexity index is 546. The lowest BCUT2D eigenvalue weighted by atomic mass is 10.2. The van der Waals surface area contributed by atoms with Gasteiger partial charge in [-0.3, -0.25) is 0 Å². The van der Waals surface area contributed by atoms with Crippen LogP contribution in [0.2, 0.25) is 10.2 Å². The van der Waals surface area contributed by atoms with Crippen molar-refractivity contribution >= 4 is 33.2 Å². The highest BCUT2D eigenvalue weighted by atomic mass is 35.5. The van der Waals surface area contributed by atoms with Crippen LogP contribution in [-0.4, -0.2) is 31.2 Å². The molecule has 1 heterocycles. The molecule has 0 aromatic carbocycles. The van der Waals surface area contributed by atoms with Gasteiger partial charge in [0.2, 0.25) is 10.0 Å². The Morgan fingerprint density at radius 1 is 1.50 bits per heavy atom. The van der Waals surface area contributed by atoms with Crippen molar-refractivity contribution in [2.45, 2.75) is 23.8 Å². The fourth-order valence-electron chi connectivity index (χ4n) is 1.48. The predicted molar refractivity (Wildman–Crippen MR) is 68.2 cm³/mol. The van der Waals surface area contributed by atoms with Gasteiger partial charge < -0.3 is 5.11 Å². The van der Waals surface area contributed by atoms with Gasteiger partial charge in [-0.1, -0.05) is 23.2 Å². The van der Waals surface area contributed by atoms with Gasteiger partial charge in [0.25, 0.3) is 0 Å². The first-order chi connectivity index (χ1) is 8.40. The summed E-state index contributed by atoms with van der Waals surface area (Å²) in [6.45, 7) is -0.00670. The number of aromatic nitrogens is 1. The molecule has 0 radical (unpaired) electrons. The van der Waals surface area contributed by atoms with E-state index in [9.17, 15) is 13.5 Å². The summed E-state index contributed by atoms with van der Waals surface area (Å²) in [6.07, 6.45) is 2.37. The lowest BCUT2D eigenvalue weighted by molar-refractivity contribution is 0.155. The normalized spacial score (nSPS) is 17.7. The minimum atomic E-state index is -3.72. The molecule has 1 atom stereocenters. The third kappa shape index (κ3) is 3.33. The third-order valence-corrected chi connectivity index (χ3v) is 4.81. The molecule has 0 bridgehead atoms. The molecule has 2 rings (SSSR count). The Kier molecular flexibility index (Phi) is 4.13. The Labute approximate surface area is 115 Å². The fraction of sp³-hybridized carbons (Fsp3) is 0.500. The van der Waals surface area contributed by atoms with Gasteiger partial charge in [0.05, 0.1) is 11.1 Å². The van der Waals surface area contributed by atoms with Gasteiger partial charge in [-0.15, -0.1) is 0 Å². The van der Waals surface area contributed by atoms with Crippen molar-refractivity contribution in [2.24, 2.45) is 5.92 Å². The van der Waals surface area contributed by atoms with Gasteiger partial charge >= 0.3 is 0 Å². The Hall–Kier alpha value is -0.400. The summed E-state index contributed by atoms with van der Waals surface area (Å²) < 4.78 is 26.1. The second-order valence-electron chi connectivity index (χ2n) is 4.20. The molecule has 1 aromatic heterocycles. The van der Waals surface area contributed by atoms with Crippen LogP contribution >= 0.6 is 23.2 Å². The van der Waals surface area contributed by atoms with Crippen LogP contribution in [0, 0.1) is 5.92 Å². The zero-order valence-electron chi connectivity index (χ0n) is 9.31. The number of nitrogens with zero attached hydrogens (tertiary/aromatic N) is 1. The van der Waals surface area contributed by atoms with E-state index in [1.54, 1.807) is 0 Å². The van der Waals surface area contributed by atoms with Crippen molar-refractivity contribution in [3.8, 4) is 0 Å². The number of aliphatic hydroxyl groups is 1. The molecule has 1 unspecified atom stereocenters. The molecule has 5 nitrogen and oxygen atoms in total. The molecule has 0 amide bonds. The molecular formula is C10H12Cl2N2O3S. The van der Waals surface area contributed by atoms with E-state index in [-0.39, 0.29) is 27.5 Å². The maximum Gasteiger partial charge on any atom is 0.242 e. The monoisotopic (exact) mass is 310 g/mol. The topological polar surface area (TPSA) is 79.3 Å². The van der Waals surface area contributed by atoms with Crippen molar-refractivity contribution in [3.05, 3.63) is 22.4 Å². The molecule has 100 valence electrons. The van der Waals surface area contributed by atoms with Crippen LogP contribution in [0.5, 0.6) is 0 Å². The van der Waals surface area contributed by atoms with Crippen molar-refractivity contribution in [3.63, 3.8) is 0 Å². The van der Waals surface area contributed by atoms with Gasteiger partial charge in [-0.2, -0.15) is 0 Å². The molecule has 1 saturated carbocycles. The standard InChI is InChI=1S/C10H12Cl2N2O3S/c11-8-3-7(4-13-10(8)12)18(16,17)14-5-9(15)6-1-2-6/h3-4,6,9,14-15H,1-2,5H2. The third-order valence-electron chi connectivity index (χ3n) is 2.73. The molecule has 0 saturated heterocycles. The number of hydrogen-bond acceptors (Lipinski definition) is 4. The fourth-order valence-corrected chi connectivity index (χ4v) is 2.83. The van der Waals surface area contributed by atoms with E-state index in [0.29, 0.717) is 0 Å². The first-order valence-electron chi connectivity index (χ1n) is 5.39. The van der Waals surface area contributed by atoms with E-state index in [0.717, 1.165) is 19.0 Å². The van der Waals surface area contributed by atoms with E-state index in [1.165, 1.54) is 6.07 Å². The molecular weight excluding hydrogens is 299 g/mol. The molecule has 18 heavy (non-hydrogen) atoms. The van der Waals surface area contributed by atoms with Gasteiger partial charge in [0, 0.05) is 12.7 Å². The summed E-state index contributed by atoms with van der Waals surface area (Å²) in [7, 11) is -3.72. The van der Waals surface area contributed by atoms with E-state index >= 15 is 0 Å². The Morgan fingerprint density at radius 3 is 2.72 bits per heavy atom. The second-order valence-corrected chi connectivity index (χ2v) is 6.73. The predicted octanol–water partition coefficient (Wildman–Crippen LogP) is 1.44. The van der Waals surface area contributed by atoms with Crippen LogP contribution < -0.4 is 4.72 Å². The number of halogens is 2. The first-order valence-corrected chi connectivity index (χ1v) is 7.63. The van der Waals surface area contributed by atoms with Gasteiger partial charge in [-0.05, 0) is 24.8 Å². The Balaban J connectivity index is 2.07. The van der Waals surface area contributed by atoms with Crippen molar-refractivity contribution in [2.75, 3.05) is 6.54 Å². The molecule has 0 aliphatic heterocycles. The highest BCUT2D eigenvalue weighted by Crippen LogP contribution is 2.32. The maximum atomic E-state index is 11.9. The molecule has 8 heteroatoms. The second kappa shape index (κ2) is 5.30. The van der Waals surface area contributed by atoms with Crippen LogP contribution in [0.15, 0.2) is 17.2 Å². The molecule has 1 fully saturated rings. The van der Waals surface area contributed by atoms with Crippen LogP contribution in [0.4, 0.5) is 0 Å². The van der Waals surface area contributed by atoms with Gasteiger partial charge in [0.1, 0.15) is 10.0 Å². The largest absolute Gasteiger partial charge is 0.391 e. The van der Waals surface area contributed by atoms with E-state index in [2.05, 4.69) is 9.71 Å². The minimum Gasteiger partial charge on any atom is -0.391 e. The highest BCUT2D eigenvalue weighted by molar-refractivity contribution is 7.89. The number of sulfonamides is 1. The molecule has 1 aliphatic rings. The van der Waals surface area contributed by atoms with Crippen LogP contribution in [0.1, 0.15) is 12.8 Å². The lowest BCUT2D eigenvalue weighted by Crippen LogP contribution is -2.33. The number of rotatable bonds is 5. The number of pyridine rings is 1. The van der Waals surface area contributed by atoms with Crippen molar-refractivity contribution in [1.29, 1.82) is 0 Å². The van der Waals surface area contributed by atoms with E-state index in [1.807, 2.05) is 0 Å². The van der Waals surface area contributed by atoms with E-state index in [4.69, 9.17) is 23.2 Å². The number of aliphatic hydroxyl groups excluding tert-OH is 1. The van der Waals surface area contributed by atoms with Gasteiger partial charge in [-0.25, -0.2) is 18.1 Å². The summed E-state index contributed by atoms with van der Waals surface area (Å²) in [6, 6.07) is 1.22. The quantitative estimate of drug-likeness (QED) is 0.807. The number of hydrogen-bond donors (Lipinski definition) is 2. The van der Waals surface area contributed by atoms with Gasteiger partial charge in [0.15, 0.2) is 0 Å². The summed E-state index contributed by atoms with van der Waals surface area (Å²) in [5.74, 6) is 0.208. The molecule has 1 aliphatic carbocycles. The zero-order chi connectivity index (χ0) is 13.3.